The monoisotopic (exact) mass is 283 g/mol. The number of ether oxygens (including phenoxy) is 2. The molecule has 110 valence electrons. The first kappa shape index (κ1) is 15.7. The first-order valence-electron chi connectivity index (χ1n) is 6.11. The van der Waals surface area contributed by atoms with E-state index in [-0.39, 0.29) is 24.1 Å². The quantitative estimate of drug-likeness (QED) is 0.651. The van der Waals surface area contributed by atoms with Gasteiger partial charge in [0, 0.05) is 6.07 Å². The molecule has 1 aromatic heterocycles. The minimum absolute atomic E-state index is 0.212. The van der Waals surface area contributed by atoms with Crippen molar-refractivity contribution in [2.45, 2.75) is 19.8 Å². The van der Waals surface area contributed by atoms with Crippen molar-refractivity contribution in [1.82, 2.24) is 10.3 Å². The highest BCUT2D eigenvalue weighted by Crippen LogP contribution is 2.26. The first-order chi connectivity index (χ1) is 9.56. The van der Waals surface area contributed by atoms with E-state index in [9.17, 15) is 14.7 Å². The largest absolute Gasteiger partial charge is 0.503 e. The number of carbonyl (C=O) groups is 2. The van der Waals surface area contributed by atoms with Gasteiger partial charge in [-0.25, -0.2) is 4.79 Å². The van der Waals surface area contributed by atoms with Crippen LogP contribution in [0.4, 0.5) is 4.79 Å². The highest BCUT2D eigenvalue weighted by Gasteiger charge is 2.14. The van der Waals surface area contributed by atoms with Crippen LogP contribution < -0.4 is 20.5 Å². The van der Waals surface area contributed by atoms with Crippen molar-refractivity contribution in [2.75, 3.05) is 13.2 Å². The Hall–Kier alpha value is -2.35. The molecule has 0 fully saturated rings. The lowest BCUT2D eigenvalue weighted by Gasteiger charge is -2.08. The highest BCUT2D eigenvalue weighted by atomic mass is 16.6. The average molecular weight is 283 g/mol. The standard InChI is InChI=1S/C12H17N3O5/c1-2-3-6-19-10-5-4-8(16)11(15-10)20-12(18)14-9(17)7-13/h4-5,16H,2-3,6-7,13H2,1H3,(H,14,17,18). The van der Waals surface area contributed by atoms with Crippen LogP contribution in [-0.2, 0) is 4.79 Å². The number of amides is 2. The van der Waals surface area contributed by atoms with E-state index in [1.54, 1.807) is 0 Å². The molecule has 0 aliphatic rings. The molecule has 1 aromatic rings. The second kappa shape index (κ2) is 7.95. The van der Waals surface area contributed by atoms with Crippen LogP contribution in [0, 0.1) is 0 Å². The van der Waals surface area contributed by atoms with Gasteiger partial charge in [0.15, 0.2) is 5.75 Å². The second-order valence-corrected chi connectivity index (χ2v) is 3.82. The number of pyridine rings is 1. The van der Waals surface area contributed by atoms with Gasteiger partial charge in [0.2, 0.25) is 11.8 Å². The molecule has 0 aromatic carbocycles. The normalized spacial score (nSPS) is 9.90. The number of imide groups is 1. The van der Waals surface area contributed by atoms with Crippen molar-refractivity contribution in [3.8, 4) is 17.5 Å². The molecule has 0 saturated heterocycles. The van der Waals surface area contributed by atoms with Crippen molar-refractivity contribution < 1.29 is 24.2 Å². The Morgan fingerprint density at radius 1 is 1.45 bits per heavy atom. The molecule has 2 amide bonds. The van der Waals surface area contributed by atoms with E-state index in [0.717, 1.165) is 12.8 Å². The minimum atomic E-state index is -1.08. The van der Waals surface area contributed by atoms with Crippen molar-refractivity contribution in [3.05, 3.63) is 12.1 Å². The summed E-state index contributed by atoms with van der Waals surface area (Å²) in [6.07, 6.45) is 0.740. The molecule has 1 rings (SSSR count). The minimum Gasteiger partial charge on any atom is -0.503 e. The van der Waals surface area contributed by atoms with Gasteiger partial charge in [0.1, 0.15) is 0 Å². The fourth-order valence-electron chi connectivity index (χ4n) is 1.17. The molecule has 20 heavy (non-hydrogen) atoms. The first-order valence-corrected chi connectivity index (χ1v) is 6.11. The topological polar surface area (TPSA) is 124 Å². The lowest BCUT2D eigenvalue weighted by molar-refractivity contribution is -0.118. The van der Waals surface area contributed by atoms with Gasteiger partial charge in [0.05, 0.1) is 13.2 Å². The van der Waals surface area contributed by atoms with Crippen LogP contribution in [0.2, 0.25) is 0 Å². The number of hydrogen-bond donors (Lipinski definition) is 3. The maximum absolute atomic E-state index is 11.3. The van der Waals surface area contributed by atoms with Gasteiger partial charge in [-0.15, -0.1) is 0 Å². The van der Waals surface area contributed by atoms with Crippen LogP contribution in [0.3, 0.4) is 0 Å². The molecule has 0 unspecified atom stereocenters. The van der Waals surface area contributed by atoms with Crippen LogP contribution in [0.15, 0.2) is 12.1 Å². The lowest BCUT2D eigenvalue weighted by Crippen LogP contribution is -2.37. The van der Waals surface area contributed by atoms with Crippen molar-refractivity contribution in [1.29, 1.82) is 0 Å². The van der Waals surface area contributed by atoms with Crippen LogP contribution in [0.25, 0.3) is 0 Å². The smallest absolute Gasteiger partial charge is 0.420 e. The summed E-state index contributed by atoms with van der Waals surface area (Å²) in [7, 11) is 0. The van der Waals surface area contributed by atoms with Gasteiger partial charge in [-0.2, -0.15) is 4.98 Å². The molecule has 0 atom stereocenters. The fourth-order valence-corrected chi connectivity index (χ4v) is 1.17. The number of aromatic hydroxyl groups is 1. The summed E-state index contributed by atoms with van der Waals surface area (Å²) >= 11 is 0. The number of nitrogens with one attached hydrogen (secondary N) is 1. The molecule has 0 aliphatic carbocycles. The maximum Gasteiger partial charge on any atom is 0.420 e. The van der Waals surface area contributed by atoms with E-state index in [0.29, 0.717) is 6.61 Å². The number of hydrogen-bond acceptors (Lipinski definition) is 7. The Labute approximate surface area is 115 Å². The molecule has 8 nitrogen and oxygen atoms in total. The summed E-state index contributed by atoms with van der Waals surface area (Å²) in [6, 6.07) is 2.72. The Morgan fingerprint density at radius 3 is 2.85 bits per heavy atom. The number of nitrogens with two attached hydrogens (primary N) is 1. The number of aromatic nitrogens is 1. The zero-order chi connectivity index (χ0) is 15.0. The summed E-state index contributed by atoms with van der Waals surface area (Å²) < 4.78 is 10.0. The van der Waals surface area contributed by atoms with Gasteiger partial charge in [-0.3, -0.25) is 10.1 Å². The van der Waals surface area contributed by atoms with Crippen LogP contribution >= 0.6 is 0 Å². The number of unbranched alkanes of at least 4 members (excludes halogenated alkanes) is 1. The third kappa shape index (κ3) is 5.11. The van der Waals surface area contributed by atoms with Gasteiger partial charge in [-0.05, 0) is 12.5 Å². The van der Waals surface area contributed by atoms with Crippen molar-refractivity contribution in [2.24, 2.45) is 5.73 Å². The van der Waals surface area contributed by atoms with E-state index in [1.165, 1.54) is 12.1 Å². The van der Waals surface area contributed by atoms with E-state index in [1.807, 2.05) is 12.2 Å². The van der Waals surface area contributed by atoms with E-state index in [4.69, 9.17) is 15.2 Å². The molecule has 0 aliphatic heterocycles. The fraction of sp³-hybridized carbons (Fsp3) is 0.417. The molecular weight excluding hydrogens is 266 g/mol. The molecule has 0 bridgehead atoms. The third-order valence-corrected chi connectivity index (χ3v) is 2.18. The molecule has 8 heteroatoms. The second-order valence-electron chi connectivity index (χ2n) is 3.82. The third-order valence-electron chi connectivity index (χ3n) is 2.18. The van der Waals surface area contributed by atoms with Crippen LogP contribution in [0.1, 0.15) is 19.8 Å². The molecule has 1 heterocycles. The summed E-state index contributed by atoms with van der Waals surface area (Å²) in [5, 5.41) is 11.4. The molecule has 4 N–H and O–H groups in total. The number of rotatable bonds is 6. The van der Waals surface area contributed by atoms with Crippen LogP contribution in [0.5, 0.6) is 17.5 Å². The molecule has 0 radical (unpaired) electrons. The Balaban J connectivity index is 2.66. The highest BCUT2D eigenvalue weighted by molar-refractivity contribution is 5.93. The zero-order valence-electron chi connectivity index (χ0n) is 11.1. The van der Waals surface area contributed by atoms with Gasteiger partial charge < -0.3 is 20.3 Å². The molecular formula is C12H17N3O5. The Morgan fingerprint density at radius 2 is 2.20 bits per heavy atom. The average Bonchev–Trinajstić information content (AvgIpc) is 2.42. The summed E-state index contributed by atoms with van der Waals surface area (Å²) in [4.78, 5) is 26.0. The molecule has 0 spiro atoms. The summed E-state index contributed by atoms with van der Waals surface area (Å²) in [5.41, 5.74) is 5.03. The van der Waals surface area contributed by atoms with Gasteiger partial charge in [-0.1, -0.05) is 13.3 Å². The van der Waals surface area contributed by atoms with E-state index in [2.05, 4.69) is 4.98 Å². The Kier molecular flexibility index (Phi) is 6.24. The van der Waals surface area contributed by atoms with E-state index >= 15 is 0 Å². The SMILES string of the molecule is CCCCOc1ccc(O)c(OC(=O)NC(=O)CN)n1. The Bertz CT molecular complexity index is 478. The van der Waals surface area contributed by atoms with Crippen molar-refractivity contribution >= 4 is 12.0 Å². The number of nitrogens with zero attached hydrogens (tertiary/aromatic N) is 1. The predicted molar refractivity (Wildman–Crippen MR) is 69.5 cm³/mol. The van der Waals surface area contributed by atoms with Crippen molar-refractivity contribution in [3.63, 3.8) is 0 Å². The van der Waals surface area contributed by atoms with Gasteiger partial charge >= 0.3 is 6.09 Å². The summed E-state index contributed by atoms with van der Waals surface area (Å²) in [5.74, 6) is -1.18. The summed E-state index contributed by atoms with van der Waals surface area (Å²) in [6.45, 7) is 2.13. The van der Waals surface area contributed by atoms with Crippen LogP contribution in [-0.4, -0.2) is 35.2 Å². The molecule has 0 saturated carbocycles. The van der Waals surface area contributed by atoms with Gasteiger partial charge in [0.25, 0.3) is 5.88 Å². The number of carbonyl (C=O) groups excluding carboxylic acids is 2. The predicted octanol–water partition coefficient (Wildman–Crippen LogP) is 0.540. The maximum atomic E-state index is 11.3. The zero-order valence-corrected chi connectivity index (χ0v) is 11.1. The lowest BCUT2D eigenvalue weighted by atomic mass is 10.4. The van der Waals surface area contributed by atoms with E-state index < -0.39 is 12.0 Å².